The molecule has 3 rings (SSSR count). The maximum atomic E-state index is 12.9. The van der Waals surface area contributed by atoms with Gasteiger partial charge in [-0.25, -0.2) is 9.69 Å². The molecule has 0 bridgehead atoms. The molecule has 4 amide bonds. The molecule has 0 saturated carbocycles. The highest BCUT2D eigenvalue weighted by molar-refractivity contribution is 6.42. The van der Waals surface area contributed by atoms with Crippen LogP contribution in [0, 0.1) is 0 Å². The lowest BCUT2D eigenvalue weighted by molar-refractivity contribution is -0.122. The van der Waals surface area contributed by atoms with Crippen molar-refractivity contribution in [3.8, 4) is 5.75 Å². The Bertz CT molecular complexity index is 988. The number of benzene rings is 2. The smallest absolute Gasteiger partial charge is 0.335 e. The predicted octanol–water partition coefficient (Wildman–Crippen LogP) is 4.45. The predicted molar refractivity (Wildman–Crippen MR) is 108 cm³/mol. The first-order chi connectivity index (χ1) is 13.4. The molecule has 0 radical (unpaired) electrons. The summed E-state index contributed by atoms with van der Waals surface area (Å²) in [4.78, 5) is 38.1. The van der Waals surface area contributed by atoms with Gasteiger partial charge in [0.25, 0.3) is 11.8 Å². The lowest BCUT2D eigenvalue weighted by Crippen LogP contribution is -2.54. The van der Waals surface area contributed by atoms with E-state index in [4.69, 9.17) is 27.9 Å². The number of para-hydroxylation sites is 1. The van der Waals surface area contributed by atoms with Gasteiger partial charge in [-0.3, -0.25) is 14.9 Å². The summed E-state index contributed by atoms with van der Waals surface area (Å²) in [5, 5.41) is 2.71. The Balaban J connectivity index is 1.95. The SMILES string of the molecule is CCCOc1ccc(/C=C2\C(=O)NC(=O)N(c3ccccc3Cl)C2=O)cc1Cl. The van der Waals surface area contributed by atoms with E-state index in [2.05, 4.69) is 5.32 Å². The Kier molecular flexibility index (Phi) is 6.02. The Morgan fingerprint density at radius 3 is 2.50 bits per heavy atom. The molecule has 0 unspecified atom stereocenters. The van der Waals surface area contributed by atoms with Gasteiger partial charge in [-0.2, -0.15) is 0 Å². The number of ether oxygens (including phenoxy) is 1. The van der Waals surface area contributed by atoms with E-state index in [-0.39, 0.29) is 16.3 Å². The van der Waals surface area contributed by atoms with Crippen LogP contribution >= 0.6 is 23.2 Å². The fourth-order valence-electron chi connectivity index (χ4n) is 2.61. The zero-order valence-electron chi connectivity index (χ0n) is 14.9. The van der Waals surface area contributed by atoms with E-state index in [0.717, 1.165) is 11.3 Å². The minimum absolute atomic E-state index is 0.186. The average molecular weight is 419 g/mol. The number of anilines is 1. The van der Waals surface area contributed by atoms with Gasteiger partial charge in [0.15, 0.2) is 0 Å². The van der Waals surface area contributed by atoms with Crippen LogP contribution in [0.4, 0.5) is 10.5 Å². The minimum Gasteiger partial charge on any atom is -0.492 e. The number of imide groups is 2. The molecular formula is C20H16Cl2N2O4. The molecule has 144 valence electrons. The monoisotopic (exact) mass is 418 g/mol. The van der Waals surface area contributed by atoms with Gasteiger partial charge >= 0.3 is 6.03 Å². The topological polar surface area (TPSA) is 75.7 Å². The van der Waals surface area contributed by atoms with E-state index < -0.39 is 17.8 Å². The summed E-state index contributed by atoms with van der Waals surface area (Å²) >= 11 is 12.3. The highest BCUT2D eigenvalue weighted by Gasteiger charge is 2.37. The van der Waals surface area contributed by atoms with Gasteiger partial charge < -0.3 is 4.74 Å². The van der Waals surface area contributed by atoms with Crippen molar-refractivity contribution in [2.24, 2.45) is 0 Å². The summed E-state index contributed by atoms with van der Waals surface area (Å²) in [6.45, 7) is 2.50. The summed E-state index contributed by atoms with van der Waals surface area (Å²) < 4.78 is 5.51. The second-order valence-electron chi connectivity index (χ2n) is 5.95. The maximum absolute atomic E-state index is 12.9. The van der Waals surface area contributed by atoms with Crippen LogP contribution in [0.5, 0.6) is 5.75 Å². The molecule has 6 nitrogen and oxygen atoms in total. The van der Waals surface area contributed by atoms with Gasteiger partial charge in [0.05, 0.1) is 22.3 Å². The van der Waals surface area contributed by atoms with Gasteiger partial charge in [0, 0.05) is 0 Å². The van der Waals surface area contributed by atoms with Crippen LogP contribution in [0.25, 0.3) is 6.08 Å². The van der Waals surface area contributed by atoms with Crippen LogP contribution in [-0.2, 0) is 9.59 Å². The third kappa shape index (κ3) is 4.03. The number of nitrogens with one attached hydrogen (secondary N) is 1. The Morgan fingerprint density at radius 2 is 1.82 bits per heavy atom. The number of nitrogens with zero attached hydrogens (tertiary/aromatic N) is 1. The molecule has 28 heavy (non-hydrogen) atoms. The largest absolute Gasteiger partial charge is 0.492 e. The maximum Gasteiger partial charge on any atom is 0.335 e. The van der Waals surface area contributed by atoms with Crippen LogP contribution < -0.4 is 15.0 Å². The molecule has 0 aromatic heterocycles. The third-order valence-corrected chi connectivity index (χ3v) is 4.54. The van der Waals surface area contributed by atoms with Crippen molar-refractivity contribution in [2.45, 2.75) is 13.3 Å². The second-order valence-corrected chi connectivity index (χ2v) is 6.76. The fourth-order valence-corrected chi connectivity index (χ4v) is 3.08. The molecule has 1 aliphatic rings. The highest BCUT2D eigenvalue weighted by Crippen LogP contribution is 2.30. The van der Waals surface area contributed by atoms with E-state index in [0.29, 0.717) is 22.9 Å². The summed E-state index contributed by atoms with van der Waals surface area (Å²) in [5.74, 6) is -1.05. The third-order valence-electron chi connectivity index (χ3n) is 3.92. The molecule has 1 fully saturated rings. The average Bonchev–Trinajstić information content (AvgIpc) is 2.66. The van der Waals surface area contributed by atoms with Crippen molar-refractivity contribution in [1.29, 1.82) is 0 Å². The summed E-state index contributed by atoms with van der Waals surface area (Å²) in [6.07, 6.45) is 2.20. The zero-order chi connectivity index (χ0) is 20.3. The number of rotatable bonds is 5. The summed E-state index contributed by atoms with van der Waals surface area (Å²) in [6, 6.07) is 10.4. The van der Waals surface area contributed by atoms with E-state index in [1.807, 2.05) is 6.92 Å². The number of carbonyl (C=O) groups is 3. The molecule has 1 heterocycles. The van der Waals surface area contributed by atoms with Crippen molar-refractivity contribution in [3.63, 3.8) is 0 Å². The molecule has 0 atom stereocenters. The first-order valence-corrected chi connectivity index (χ1v) is 9.26. The lowest BCUT2D eigenvalue weighted by atomic mass is 10.1. The van der Waals surface area contributed by atoms with Gasteiger partial charge in [0.1, 0.15) is 11.3 Å². The molecule has 8 heteroatoms. The number of hydrogen-bond donors (Lipinski definition) is 1. The molecule has 1 aliphatic heterocycles. The van der Waals surface area contributed by atoms with Gasteiger partial charge in [-0.1, -0.05) is 48.3 Å². The Hall–Kier alpha value is -2.83. The molecule has 1 N–H and O–H groups in total. The normalized spacial score (nSPS) is 15.8. The van der Waals surface area contributed by atoms with Crippen molar-refractivity contribution in [1.82, 2.24) is 5.32 Å². The van der Waals surface area contributed by atoms with Crippen LogP contribution in [-0.4, -0.2) is 24.5 Å². The quantitative estimate of drug-likeness (QED) is 0.574. The molecule has 2 aromatic rings. The Morgan fingerprint density at radius 1 is 1.07 bits per heavy atom. The summed E-state index contributed by atoms with van der Waals surface area (Å²) in [7, 11) is 0. The van der Waals surface area contributed by atoms with Crippen LogP contribution in [0.3, 0.4) is 0 Å². The van der Waals surface area contributed by atoms with Crippen LogP contribution in [0.15, 0.2) is 48.0 Å². The number of carbonyl (C=O) groups excluding carboxylic acids is 3. The molecule has 2 aromatic carbocycles. The number of hydrogen-bond acceptors (Lipinski definition) is 4. The first-order valence-electron chi connectivity index (χ1n) is 8.50. The van der Waals surface area contributed by atoms with Crippen molar-refractivity contribution in [3.05, 3.63) is 63.6 Å². The number of barbiturate groups is 1. The molecule has 0 spiro atoms. The second kappa shape index (κ2) is 8.46. The lowest BCUT2D eigenvalue weighted by Gasteiger charge is -2.27. The van der Waals surface area contributed by atoms with Crippen molar-refractivity contribution in [2.75, 3.05) is 11.5 Å². The number of urea groups is 1. The minimum atomic E-state index is -0.860. The van der Waals surface area contributed by atoms with Gasteiger partial charge in [0.2, 0.25) is 0 Å². The van der Waals surface area contributed by atoms with Gasteiger partial charge in [-0.05, 0) is 42.3 Å². The Labute approximate surface area is 171 Å². The van der Waals surface area contributed by atoms with E-state index in [1.165, 1.54) is 12.1 Å². The number of amides is 4. The number of halogens is 2. The van der Waals surface area contributed by atoms with Crippen LogP contribution in [0.1, 0.15) is 18.9 Å². The van der Waals surface area contributed by atoms with E-state index in [9.17, 15) is 14.4 Å². The van der Waals surface area contributed by atoms with Crippen LogP contribution in [0.2, 0.25) is 10.0 Å². The highest BCUT2D eigenvalue weighted by atomic mass is 35.5. The fraction of sp³-hybridized carbons (Fsp3) is 0.150. The van der Waals surface area contributed by atoms with E-state index in [1.54, 1.807) is 36.4 Å². The standard InChI is InChI=1S/C20H16Cl2N2O4/c1-2-9-28-17-8-7-12(11-15(17)22)10-13-18(25)23-20(27)24(19(13)26)16-6-4-3-5-14(16)21/h3-8,10-11H,2,9H2,1H3,(H,23,25,27)/b13-10+. The zero-order valence-corrected chi connectivity index (χ0v) is 16.4. The van der Waals surface area contributed by atoms with Crippen molar-refractivity contribution >= 4 is 52.8 Å². The van der Waals surface area contributed by atoms with E-state index >= 15 is 0 Å². The summed E-state index contributed by atoms with van der Waals surface area (Å²) in [5.41, 5.74) is 0.491. The molecular weight excluding hydrogens is 403 g/mol. The van der Waals surface area contributed by atoms with Crippen molar-refractivity contribution < 1.29 is 19.1 Å². The molecule has 0 aliphatic carbocycles. The first kappa shape index (κ1) is 19.9. The molecule has 1 saturated heterocycles. The van der Waals surface area contributed by atoms with Gasteiger partial charge in [-0.15, -0.1) is 0 Å².